The predicted octanol–water partition coefficient (Wildman–Crippen LogP) is 5.33. The standard InChI is InChI=1S/C28H30FN5O2/c1-4-33(5-2)16-17-34-25-13-9-8-12-23(25)31-28(34)32-26(35)20-15-14-19(3)24(18-20)30-27(36)21-10-6-7-11-22(21)29/h6-15,18H,4-5,16-17H2,1-3H3,(H,30,36)(H,31,32,35). The molecule has 4 aromatic rings. The molecule has 36 heavy (non-hydrogen) atoms. The summed E-state index contributed by atoms with van der Waals surface area (Å²) in [5, 5.41) is 5.66. The number of carbonyl (C=O) groups is 2. The number of aromatic nitrogens is 2. The summed E-state index contributed by atoms with van der Waals surface area (Å²) in [6, 6.07) is 18.6. The highest BCUT2D eigenvalue weighted by molar-refractivity contribution is 6.07. The van der Waals surface area contributed by atoms with Crippen LogP contribution in [0.2, 0.25) is 0 Å². The molecule has 7 nitrogen and oxygen atoms in total. The number of likely N-dealkylation sites (N-methyl/N-ethyl adjacent to an activating group) is 1. The quantitative estimate of drug-likeness (QED) is 0.334. The van der Waals surface area contributed by atoms with Gasteiger partial charge in [-0.3, -0.25) is 14.9 Å². The van der Waals surface area contributed by atoms with Crippen molar-refractivity contribution in [3.63, 3.8) is 0 Å². The van der Waals surface area contributed by atoms with Gasteiger partial charge in [-0.05, 0) is 62.0 Å². The van der Waals surface area contributed by atoms with E-state index in [2.05, 4.69) is 34.4 Å². The van der Waals surface area contributed by atoms with Crippen LogP contribution in [0.3, 0.4) is 0 Å². The van der Waals surface area contributed by atoms with Crippen LogP contribution in [0.4, 0.5) is 16.0 Å². The predicted molar refractivity (Wildman–Crippen MR) is 141 cm³/mol. The van der Waals surface area contributed by atoms with E-state index >= 15 is 0 Å². The van der Waals surface area contributed by atoms with Crippen molar-refractivity contribution < 1.29 is 14.0 Å². The van der Waals surface area contributed by atoms with Crippen LogP contribution in [0.25, 0.3) is 11.0 Å². The van der Waals surface area contributed by atoms with Gasteiger partial charge in [-0.25, -0.2) is 9.37 Å². The minimum Gasteiger partial charge on any atom is -0.322 e. The maximum Gasteiger partial charge on any atom is 0.258 e. The highest BCUT2D eigenvalue weighted by Gasteiger charge is 2.17. The first-order valence-electron chi connectivity index (χ1n) is 12.1. The van der Waals surface area contributed by atoms with E-state index < -0.39 is 11.7 Å². The van der Waals surface area contributed by atoms with Crippen LogP contribution in [0.5, 0.6) is 0 Å². The van der Waals surface area contributed by atoms with E-state index in [9.17, 15) is 14.0 Å². The number of halogens is 1. The van der Waals surface area contributed by atoms with Crippen molar-refractivity contribution >= 4 is 34.5 Å². The van der Waals surface area contributed by atoms with Gasteiger partial charge in [-0.2, -0.15) is 0 Å². The smallest absolute Gasteiger partial charge is 0.258 e. The van der Waals surface area contributed by atoms with E-state index in [0.717, 1.165) is 36.2 Å². The van der Waals surface area contributed by atoms with Gasteiger partial charge in [0.05, 0.1) is 16.6 Å². The minimum absolute atomic E-state index is 0.0614. The fourth-order valence-electron chi connectivity index (χ4n) is 4.09. The summed E-state index contributed by atoms with van der Waals surface area (Å²) in [6.45, 7) is 9.44. The Labute approximate surface area is 209 Å². The number of para-hydroxylation sites is 2. The minimum atomic E-state index is -0.606. The van der Waals surface area contributed by atoms with E-state index in [1.165, 1.54) is 18.2 Å². The van der Waals surface area contributed by atoms with Crippen LogP contribution in [0.15, 0.2) is 66.7 Å². The molecule has 0 saturated carbocycles. The number of aryl methyl sites for hydroxylation is 1. The van der Waals surface area contributed by atoms with E-state index in [-0.39, 0.29) is 11.5 Å². The van der Waals surface area contributed by atoms with Gasteiger partial charge in [-0.15, -0.1) is 0 Å². The lowest BCUT2D eigenvalue weighted by atomic mass is 10.1. The fourth-order valence-corrected chi connectivity index (χ4v) is 4.09. The number of amides is 2. The summed E-state index contributed by atoms with van der Waals surface area (Å²) in [7, 11) is 0. The zero-order chi connectivity index (χ0) is 25.7. The molecule has 2 N–H and O–H groups in total. The summed E-state index contributed by atoms with van der Waals surface area (Å²) in [5.41, 5.74) is 3.23. The van der Waals surface area contributed by atoms with Crippen molar-refractivity contribution in [1.29, 1.82) is 0 Å². The molecule has 0 aliphatic heterocycles. The van der Waals surface area contributed by atoms with E-state index in [1.807, 2.05) is 35.8 Å². The molecule has 1 heterocycles. The van der Waals surface area contributed by atoms with Gasteiger partial charge in [0, 0.05) is 24.3 Å². The summed E-state index contributed by atoms with van der Waals surface area (Å²) >= 11 is 0. The molecule has 0 spiro atoms. The van der Waals surface area contributed by atoms with Crippen molar-refractivity contribution in [3.8, 4) is 0 Å². The molecule has 0 atom stereocenters. The SMILES string of the molecule is CCN(CC)CCn1c(NC(=O)c2ccc(C)c(NC(=O)c3ccccc3F)c2)nc2ccccc21. The number of hydrogen-bond acceptors (Lipinski definition) is 4. The second-order valence-electron chi connectivity index (χ2n) is 8.52. The van der Waals surface area contributed by atoms with Gasteiger partial charge >= 0.3 is 0 Å². The first-order valence-corrected chi connectivity index (χ1v) is 12.1. The molecule has 0 bridgehead atoms. The van der Waals surface area contributed by atoms with Crippen molar-refractivity contribution in [3.05, 3.63) is 89.2 Å². The van der Waals surface area contributed by atoms with Gasteiger partial charge in [0.2, 0.25) is 5.95 Å². The first kappa shape index (κ1) is 25.1. The summed E-state index contributed by atoms with van der Waals surface area (Å²) < 4.78 is 16.1. The average molecular weight is 488 g/mol. The Morgan fingerprint density at radius 2 is 1.67 bits per heavy atom. The number of fused-ring (bicyclic) bond motifs is 1. The van der Waals surface area contributed by atoms with Crippen molar-refractivity contribution in [2.75, 3.05) is 30.3 Å². The molecule has 3 aromatic carbocycles. The number of rotatable bonds is 9. The van der Waals surface area contributed by atoms with Gasteiger partial charge in [0.15, 0.2) is 0 Å². The summed E-state index contributed by atoms with van der Waals surface area (Å²) in [5.74, 6) is -1.07. The molecule has 0 saturated heterocycles. The molecule has 1 aromatic heterocycles. The maximum atomic E-state index is 14.0. The molecule has 0 aliphatic rings. The third-order valence-electron chi connectivity index (χ3n) is 6.28. The molecule has 0 unspecified atom stereocenters. The normalized spacial score (nSPS) is 11.1. The zero-order valence-electron chi connectivity index (χ0n) is 20.7. The zero-order valence-corrected chi connectivity index (χ0v) is 20.7. The van der Waals surface area contributed by atoms with Crippen LogP contribution in [0, 0.1) is 12.7 Å². The number of benzene rings is 3. The van der Waals surface area contributed by atoms with Crippen LogP contribution in [-0.4, -0.2) is 45.9 Å². The number of carbonyl (C=O) groups excluding carboxylic acids is 2. The highest BCUT2D eigenvalue weighted by atomic mass is 19.1. The maximum absolute atomic E-state index is 14.0. The molecule has 4 rings (SSSR count). The number of imidazole rings is 1. The van der Waals surface area contributed by atoms with Crippen LogP contribution in [-0.2, 0) is 6.54 Å². The van der Waals surface area contributed by atoms with E-state index in [1.54, 1.807) is 24.3 Å². The molecular weight excluding hydrogens is 457 g/mol. The van der Waals surface area contributed by atoms with Gasteiger partial charge < -0.3 is 14.8 Å². The highest BCUT2D eigenvalue weighted by Crippen LogP contribution is 2.22. The Morgan fingerprint density at radius 1 is 0.944 bits per heavy atom. The Morgan fingerprint density at radius 3 is 2.42 bits per heavy atom. The molecule has 0 aliphatic carbocycles. The van der Waals surface area contributed by atoms with Crippen LogP contribution >= 0.6 is 0 Å². The third-order valence-corrected chi connectivity index (χ3v) is 6.28. The Kier molecular flexibility index (Phi) is 7.75. The second kappa shape index (κ2) is 11.1. The number of nitrogens with zero attached hydrogens (tertiary/aromatic N) is 3. The number of nitrogens with one attached hydrogen (secondary N) is 2. The molecule has 8 heteroatoms. The van der Waals surface area contributed by atoms with Crippen LogP contribution in [0.1, 0.15) is 40.1 Å². The Bertz CT molecular complexity index is 1390. The lowest BCUT2D eigenvalue weighted by Crippen LogP contribution is -2.27. The summed E-state index contributed by atoms with van der Waals surface area (Å²) in [4.78, 5) is 32.8. The lowest BCUT2D eigenvalue weighted by molar-refractivity contribution is 0.101. The number of hydrogen-bond donors (Lipinski definition) is 2. The van der Waals surface area contributed by atoms with Gasteiger partial charge in [0.1, 0.15) is 5.82 Å². The van der Waals surface area contributed by atoms with Crippen molar-refractivity contribution in [2.24, 2.45) is 0 Å². The average Bonchev–Trinajstić information content (AvgIpc) is 3.23. The molecule has 2 amide bonds. The van der Waals surface area contributed by atoms with E-state index in [0.29, 0.717) is 23.7 Å². The monoisotopic (exact) mass is 487 g/mol. The Balaban J connectivity index is 1.57. The van der Waals surface area contributed by atoms with Crippen molar-refractivity contribution in [1.82, 2.24) is 14.5 Å². The van der Waals surface area contributed by atoms with Gasteiger partial charge in [0.25, 0.3) is 11.8 Å². The molecule has 186 valence electrons. The number of anilines is 2. The summed E-state index contributed by atoms with van der Waals surface area (Å²) in [6.07, 6.45) is 0. The lowest BCUT2D eigenvalue weighted by Gasteiger charge is -2.19. The van der Waals surface area contributed by atoms with E-state index in [4.69, 9.17) is 0 Å². The van der Waals surface area contributed by atoms with Crippen molar-refractivity contribution in [2.45, 2.75) is 27.3 Å². The topological polar surface area (TPSA) is 79.3 Å². The molecular formula is C28H30FN5O2. The van der Waals surface area contributed by atoms with Crippen LogP contribution < -0.4 is 10.6 Å². The molecule has 0 fully saturated rings. The Hall–Kier alpha value is -4.04. The third kappa shape index (κ3) is 5.44. The first-order chi connectivity index (χ1) is 17.4. The molecule has 0 radical (unpaired) electrons. The van der Waals surface area contributed by atoms with Gasteiger partial charge in [-0.1, -0.05) is 44.2 Å². The fraction of sp³-hybridized carbons (Fsp3) is 0.250. The largest absolute Gasteiger partial charge is 0.322 e. The second-order valence-corrected chi connectivity index (χ2v) is 8.52.